The van der Waals surface area contributed by atoms with Crippen LogP contribution in [0.5, 0.6) is 0 Å². The molecule has 0 amide bonds. The number of guanidine groups is 1. The highest BCUT2D eigenvalue weighted by Gasteiger charge is 2.03. The van der Waals surface area contributed by atoms with E-state index in [1.807, 2.05) is 30.3 Å². The maximum atomic E-state index is 4.73. The summed E-state index contributed by atoms with van der Waals surface area (Å²) < 4.78 is 2.06. The molecular weight excluding hydrogens is 336 g/mol. The Morgan fingerprint density at radius 3 is 2.59 bits per heavy atom. The molecular formula is C21H26N6. The molecule has 3 rings (SSSR count). The molecule has 0 aliphatic carbocycles. The van der Waals surface area contributed by atoms with Gasteiger partial charge in [-0.05, 0) is 24.6 Å². The van der Waals surface area contributed by atoms with Gasteiger partial charge in [0.05, 0.1) is 6.54 Å². The summed E-state index contributed by atoms with van der Waals surface area (Å²) in [6.07, 6.45) is 2.64. The third-order valence-corrected chi connectivity index (χ3v) is 4.23. The first-order valence-electron chi connectivity index (χ1n) is 9.27. The minimum absolute atomic E-state index is 0.620. The highest BCUT2D eigenvalue weighted by atomic mass is 15.3. The molecule has 0 aliphatic heterocycles. The molecule has 2 aromatic carbocycles. The second-order valence-corrected chi connectivity index (χ2v) is 6.36. The molecule has 6 nitrogen and oxygen atoms in total. The van der Waals surface area contributed by atoms with E-state index in [0.29, 0.717) is 6.54 Å². The van der Waals surface area contributed by atoms with Gasteiger partial charge < -0.3 is 15.2 Å². The zero-order valence-electron chi connectivity index (χ0n) is 15.9. The fourth-order valence-corrected chi connectivity index (χ4v) is 2.70. The van der Waals surface area contributed by atoms with E-state index in [0.717, 1.165) is 37.0 Å². The van der Waals surface area contributed by atoms with Crippen molar-refractivity contribution in [2.75, 3.05) is 11.9 Å². The van der Waals surface area contributed by atoms with E-state index in [4.69, 9.17) is 4.99 Å². The van der Waals surface area contributed by atoms with Crippen molar-refractivity contribution in [1.82, 2.24) is 20.1 Å². The van der Waals surface area contributed by atoms with Crippen molar-refractivity contribution >= 4 is 11.6 Å². The minimum atomic E-state index is 0.620. The third-order valence-electron chi connectivity index (χ3n) is 4.23. The molecule has 0 aliphatic rings. The Morgan fingerprint density at radius 1 is 1.07 bits per heavy atom. The topological polar surface area (TPSA) is 67.1 Å². The lowest BCUT2D eigenvalue weighted by Crippen LogP contribution is -2.33. The van der Waals surface area contributed by atoms with E-state index in [1.54, 1.807) is 6.33 Å². The van der Waals surface area contributed by atoms with Crippen LogP contribution in [0, 0.1) is 6.92 Å². The van der Waals surface area contributed by atoms with Crippen LogP contribution in [-0.2, 0) is 19.5 Å². The average molecular weight is 362 g/mol. The Balaban J connectivity index is 1.65. The molecule has 1 heterocycles. The summed E-state index contributed by atoms with van der Waals surface area (Å²) in [6, 6.07) is 18.5. The first-order chi connectivity index (χ1) is 13.2. The molecule has 140 valence electrons. The predicted octanol–water partition coefficient (Wildman–Crippen LogP) is 3.41. The van der Waals surface area contributed by atoms with Crippen LogP contribution in [-0.4, -0.2) is 27.3 Å². The Morgan fingerprint density at radius 2 is 1.85 bits per heavy atom. The van der Waals surface area contributed by atoms with Gasteiger partial charge in [-0.25, -0.2) is 4.99 Å². The van der Waals surface area contributed by atoms with Crippen molar-refractivity contribution in [2.24, 2.45) is 4.99 Å². The first-order valence-corrected chi connectivity index (χ1v) is 9.27. The summed E-state index contributed by atoms with van der Waals surface area (Å²) in [5.74, 6) is 1.75. The number of aromatic nitrogens is 3. The molecule has 0 fully saturated rings. The number of benzene rings is 2. The molecule has 0 unspecified atom stereocenters. The highest BCUT2D eigenvalue weighted by molar-refractivity contribution is 5.93. The predicted molar refractivity (Wildman–Crippen MR) is 110 cm³/mol. The van der Waals surface area contributed by atoms with Crippen LogP contribution in [0.25, 0.3) is 0 Å². The normalized spacial score (nSPS) is 11.4. The van der Waals surface area contributed by atoms with Crippen LogP contribution in [0.4, 0.5) is 5.69 Å². The maximum absolute atomic E-state index is 4.73. The Kier molecular flexibility index (Phi) is 6.57. The SMILES string of the molecule is CCc1nncn1CCNC(=NCc1ccc(C)cc1)Nc1ccccc1. The molecule has 2 N–H and O–H groups in total. The number of rotatable bonds is 7. The van der Waals surface area contributed by atoms with Gasteiger partial charge in [0.15, 0.2) is 5.96 Å². The average Bonchev–Trinajstić information content (AvgIpc) is 3.15. The maximum Gasteiger partial charge on any atom is 0.196 e. The van der Waals surface area contributed by atoms with E-state index < -0.39 is 0 Å². The summed E-state index contributed by atoms with van der Waals surface area (Å²) in [4.78, 5) is 4.73. The van der Waals surface area contributed by atoms with E-state index in [-0.39, 0.29) is 0 Å². The van der Waals surface area contributed by atoms with Crippen molar-refractivity contribution in [1.29, 1.82) is 0 Å². The quantitative estimate of drug-likeness (QED) is 0.499. The van der Waals surface area contributed by atoms with Gasteiger partial charge in [-0.1, -0.05) is 55.0 Å². The molecule has 1 aromatic heterocycles. The lowest BCUT2D eigenvalue weighted by molar-refractivity contribution is 0.639. The van der Waals surface area contributed by atoms with Gasteiger partial charge >= 0.3 is 0 Å². The Labute approximate surface area is 160 Å². The minimum Gasteiger partial charge on any atom is -0.354 e. The summed E-state index contributed by atoms with van der Waals surface area (Å²) in [6.45, 7) is 6.31. The summed E-state index contributed by atoms with van der Waals surface area (Å²) in [5.41, 5.74) is 3.44. The van der Waals surface area contributed by atoms with E-state index in [2.05, 4.69) is 63.5 Å². The van der Waals surface area contributed by atoms with Crippen molar-refractivity contribution in [3.8, 4) is 0 Å². The molecule has 0 atom stereocenters. The Bertz CT molecular complexity index is 852. The number of nitrogens with one attached hydrogen (secondary N) is 2. The van der Waals surface area contributed by atoms with Crippen LogP contribution >= 0.6 is 0 Å². The van der Waals surface area contributed by atoms with Gasteiger partial charge in [-0.15, -0.1) is 10.2 Å². The van der Waals surface area contributed by atoms with Crippen LogP contribution < -0.4 is 10.6 Å². The monoisotopic (exact) mass is 362 g/mol. The molecule has 0 bridgehead atoms. The zero-order valence-corrected chi connectivity index (χ0v) is 15.9. The van der Waals surface area contributed by atoms with Crippen LogP contribution in [0.3, 0.4) is 0 Å². The molecule has 6 heteroatoms. The largest absolute Gasteiger partial charge is 0.354 e. The number of hydrogen-bond acceptors (Lipinski definition) is 3. The number of nitrogens with zero attached hydrogens (tertiary/aromatic N) is 4. The van der Waals surface area contributed by atoms with Gasteiger partial charge in [0.2, 0.25) is 0 Å². The van der Waals surface area contributed by atoms with Crippen molar-refractivity contribution < 1.29 is 0 Å². The summed E-state index contributed by atoms with van der Waals surface area (Å²) >= 11 is 0. The number of para-hydroxylation sites is 1. The van der Waals surface area contributed by atoms with E-state index >= 15 is 0 Å². The van der Waals surface area contributed by atoms with Crippen molar-refractivity contribution in [2.45, 2.75) is 33.4 Å². The summed E-state index contributed by atoms with van der Waals surface area (Å²) in [7, 11) is 0. The fraction of sp³-hybridized carbons (Fsp3) is 0.286. The lowest BCUT2D eigenvalue weighted by atomic mass is 10.1. The number of anilines is 1. The van der Waals surface area contributed by atoms with Gasteiger partial charge in [0, 0.05) is 25.2 Å². The lowest BCUT2D eigenvalue weighted by Gasteiger charge is -2.13. The van der Waals surface area contributed by atoms with Gasteiger partial charge in [-0.3, -0.25) is 0 Å². The van der Waals surface area contributed by atoms with Gasteiger partial charge in [0.1, 0.15) is 12.2 Å². The fourth-order valence-electron chi connectivity index (χ4n) is 2.70. The molecule has 27 heavy (non-hydrogen) atoms. The standard InChI is InChI=1S/C21H26N6/c1-3-20-26-24-16-27(20)14-13-22-21(25-19-7-5-4-6-8-19)23-15-18-11-9-17(2)10-12-18/h4-12,16H,3,13-15H2,1-2H3,(H2,22,23,25). The molecule has 0 saturated carbocycles. The second kappa shape index (κ2) is 9.52. The van der Waals surface area contributed by atoms with Crippen LogP contribution in [0.2, 0.25) is 0 Å². The molecule has 0 spiro atoms. The van der Waals surface area contributed by atoms with Crippen LogP contribution in [0.15, 0.2) is 65.9 Å². The second-order valence-electron chi connectivity index (χ2n) is 6.36. The van der Waals surface area contributed by atoms with E-state index in [9.17, 15) is 0 Å². The number of aliphatic imine (C=N–C) groups is 1. The molecule has 3 aromatic rings. The van der Waals surface area contributed by atoms with E-state index in [1.165, 1.54) is 11.1 Å². The summed E-state index contributed by atoms with van der Waals surface area (Å²) in [5, 5.41) is 14.9. The van der Waals surface area contributed by atoms with Gasteiger partial charge in [-0.2, -0.15) is 0 Å². The first kappa shape index (κ1) is 18.6. The molecule has 0 saturated heterocycles. The van der Waals surface area contributed by atoms with Gasteiger partial charge in [0.25, 0.3) is 0 Å². The third kappa shape index (κ3) is 5.67. The number of aryl methyl sites for hydroxylation is 2. The highest BCUT2D eigenvalue weighted by Crippen LogP contribution is 2.07. The van der Waals surface area contributed by atoms with Crippen molar-refractivity contribution in [3.63, 3.8) is 0 Å². The molecule has 0 radical (unpaired) electrons. The Hall–Kier alpha value is -3.15. The number of hydrogen-bond donors (Lipinski definition) is 2. The van der Waals surface area contributed by atoms with Crippen LogP contribution in [0.1, 0.15) is 23.9 Å². The van der Waals surface area contributed by atoms with Crippen molar-refractivity contribution in [3.05, 3.63) is 77.9 Å². The smallest absolute Gasteiger partial charge is 0.196 e. The zero-order chi connectivity index (χ0) is 18.9.